The maximum absolute atomic E-state index is 12.5. The average molecular weight is 300 g/mol. The Labute approximate surface area is 128 Å². The quantitative estimate of drug-likeness (QED) is 0.797. The first kappa shape index (κ1) is 15.3. The molecule has 0 fully saturated rings. The summed E-state index contributed by atoms with van der Waals surface area (Å²) < 4.78 is 0. The molecule has 1 N–H and O–H groups in total. The van der Waals surface area contributed by atoms with Crippen LogP contribution >= 0.6 is 11.8 Å². The fraction of sp³-hybridized carbons (Fsp3) is 0.176. The summed E-state index contributed by atoms with van der Waals surface area (Å²) in [5.41, 5.74) is 1.65. The van der Waals surface area contributed by atoms with Crippen molar-refractivity contribution < 1.29 is 14.7 Å². The summed E-state index contributed by atoms with van der Waals surface area (Å²) in [6.45, 7) is 0. The zero-order valence-electron chi connectivity index (χ0n) is 11.4. The molecule has 108 valence electrons. The summed E-state index contributed by atoms with van der Waals surface area (Å²) in [5.74, 6) is -1.000. The zero-order valence-corrected chi connectivity index (χ0v) is 12.3. The number of carbonyl (C=O) groups is 2. The van der Waals surface area contributed by atoms with E-state index in [0.29, 0.717) is 12.0 Å². The molecule has 0 spiro atoms. The summed E-state index contributed by atoms with van der Waals surface area (Å²) in [6, 6.07) is 18.7. The monoisotopic (exact) mass is 300 g/mol. The SMILES string of the molecule is O=C(O)CSC(Cc1ccccc1)C(=O)c1ccccc1. The van der Waals surface area contributed by atoms with Crippen molar-refractivity contribution >= 4 is 23.5 Å². The number of carbonyl (C=O) groups excluding carboxylic acids is 1. The predicted molar refractivity (Wildman–Crippen MR) is 84.8 cm³/mol. The number of thioether (sulfide) groups is 1. The zero-order chi connectivity index (χ0) is 15.1. The van der Waals surface area contributed by atoms with Gasteiger partial charge in [0.25, 0.3) is 0 Å². The Morgan fingerprint density at radius 1 is 0.952 bits per heavy atom. The minimum Gasteiger partial charge on any atom is -0.481 e. The summed E-state index contributed by atoms with van der Waals surface area (Å²) in [5, 5.41) is 8.47. The highest BCUT2D eigenvalue weighted by Crippen LogP contribution is 2.21. The summed E-state index contributed by atoms with van der Waals surface area (Å²) in [7, 11) is 0. The Bertz CT molecular complexity index is 596. The van der Waals surface area contributed by atoms with Gasteiger partial charge in [-0.3, -0.25) is 9.59 Å². The second kappa shape index (κ2) is 7.64. The minimum atomic E-state index is -0.904. The first-order valence-electron chi connectivity index (χ1n) is 6.63. The second-order valence-corrected chi connectivity index (χ2v) is 5.80. The summed E-state index contributed by atoms with van der Waals surface area (Å²) >= 11 is 1.18. The van der Waals surface area contributed by atoms with E-state index in [0.717, 1.165) is 5.56 Å². The molecule has 4 heteroatoms. The molecule has 0 saturated carbocycles. The average Bonchev–Trinajstić information content (AvgIpc) is 2.52. The van der Waals surface area contributed by atoms with Gasteiger partial charge < -0.3 is 5.11 Å². The van der Waals surface area contributed by atoms with Gasteiger partial charge in [-0.15, -0.1) is 11.8 Å². The van der Waals surface area contributed by atoms with E-state index in [4.69, 9.17) is 5.11 Å². The van der Waals surface area contributed by atoms with E-state index in [1.54, 1.807) is 12.1 Å². The molecule has 0 amide bonds. The molecule has 1 unspecified atom stereocenters. The standard InChI is InChI=1S/C17H16O3S/c18-16(19)12-21-15(11-13-7-3-1-4-8-13)17(20)14-9-5-2-6-10-14/h1-10,15H,11-12H2,(H,18,19). The normalized spacial score (nSPS) is 11.8. The molecule has 1 atom stereocenters. The fourth-order valence-electron chi connectivity index (χ4n) is 2.02. The van der Waals surface area contributed by atoms with E-state index in [1.165, 1.54) is 11.8 Å². The Kier molecular flexibility index (Phi) is 5.58. The largest absolute Gasteiger partial charge is 0.481 e. The maximum Gasteiger partial charge on any atom is 0.313 e. The molecule has 0 radical (unpaired) electrons. The van der Waals surface area contributed by atoms with Crippen molar-refractivity contribution in [1.29, 1.82) is 0 Å². The first-order chi connectivity index (χ1) is 10.2. The number of aliphatic carboxylic acids is 1. The molecule has 2 aromatic rings. The number of hydrogen-bond acceptors (Lipinski definition) is 3. The van der Waals surface area contributed by atoms with Crippen molar-refractivity contribution in [2.75, 3.05) is 5.75 Å². The Morgan fingerprint density at radius 2 is 1.52 bits per heavy atom. The van der Waals surface area contributed by atoms with Crippen LogP contribution in [0, 0.1) is 0 Å². The first-order valence-corrected chi connectivity index (χ1v) is 7.68. The van der Waals surface area contributed by atoms with E-state index in [2.05, 4.69) is 0 Å². The van der Waals surface area contributed by atoms with Crippen LogP contribution in [0.4, 0.5) is 0 Å². The van der Waals surface area contributed by atoms with Gasteiger partial charge in [0.05, 0.1) is 11.0 Å². The molecule has 0 aliphatic rings. The lowest BCUT2D eigenvalue weighted by molar-refractivity contribution is -0.133. The molecule has 2 rings (SSSR count). The molecule has 0 aliphatic heterocycles. The van der Waals surface area contributed by atoms with Crippen molar-refractivity contribution in [2.24, 2.45) is 0 Å². The number of benzene rings is 2. The molecule has 21 heavy (non-hydrogen) atoms. The van der Waals surface area contributed by atoms with Crippen molar-refractivity contribution in [3.63, 3.8) is 0 Å². The van der Waals surface area contributed by atoms with Gasteiger partial charge in [0.2, 0.25) is 0 Å². The van der Waals surface area contributed by atoms with Crippen molar-refractivity contribution in [3.05, 3.63) is 71.8 Å². The van der Waals surface area contributed by atoms with Gasteiger partial charge in [-0.1, -0.05) is 60.7 Å². The molecule has 0 bridgehead atoms. The molecular weight excluding hydrogens is 284 g/mol. The third-order valence-corrected chi connectivity index (χ3v) is 4.22. The number of carboxylic acid groups (broad SMARTS) is 1. The van der Waals surface area contributed by atoms with Crippen LogP contribution in [0.2, 0.25) is 0 Å². The van der Waals surface area contributed by atoms with Crippen LogP contribution in [0.1, 0.15) is 15.9 Å². The fourth-order valence-corrected chi connectivity index (χ4v) is 2.96. The lowest BCUT2D eigenvalue weighted by Gasteiger charge is -2.15. The molecule has 0 aromatic heterocycles. The van der Waals surface area contributed by atoms with Crippen LogP contribution in [0.5, 0.6) is 0 Å². The minimum absolute atomic E-state index is 0.0225. The third kappa shape index (κ3) is 4.76. The Hall–Kier alpha value is -2.07. The molecule has 3 nitrogen and oxygen atoms in total. The number of ketones is 1. The van der Waals surface area contributed by atoms with E-state index >= 15 is 0 Å². The van der Waals surface area contributed by atoms with Crippen LogP contribution in [0.3, 0.4) is 0 Å². The van der Waals surface area contributed by atoms with E-state index in [1.807, 2.05) is 48.5 Å². The number of hydrogen-bond donors (Lipinski definition) is 1. The maximum atomic E-state index is 12.5. The van der Waals surface area contributed by atoms with Crippen LogP contribution in [-0.4, -0.2) is 27.9 Å². The third-order valence-electron chi connectivity index (χ3n) is 3.02. The van der Waals surface area contributed by atoms with Gasteiger partial charge in [0.1, 0.15) is 0 Å². The molecule has 0 saturated heterocycles. The topological polar surface area (TPSA) is 54.4 Å². The van der Waals surface area contributed by atoms with E-state index < -0.39 is 5.97 Å². The smallest absolute Gasteiger partial charge is 0.313 e. The number of rotatable bonds is 7. The lowest BCUT2D eigenvalue weighted by atomic mass is 10.0. The molecular formula is C17H16O3S. The summed E-state index contributed by atoms with van der Waals surface area (Å²) in [4.78, 5) is 23.3. The molecule has 2 aromatic carbocycles. The predicted octanol–water partition coefficient (Wildman–Crippen LogP) is 3.30. The van der Waals surface area contributed by atoms with Gasteiger partial charge in [-0.05, 0) is 12.0 Å². The van der Waals surface area contributed by atoms with E-state index in [9.17, 15) is 9.59 Å². The second-order valence-electron chi connectivity index (χ2n) is 4.61. The number of carboxylic acids is 1. The Morgan fingerprint density at radius 3 is 2.10 bits per heavy atom. The van der Waals surface area contributed by atoms with Gasteiger partial charge in [-0.25, -0.2) is 0 Å². The number of Topliss-reactive ketones (excluding diaryl/α,β-unsaturated/α-hetero) is 1. The van der Waals surface area contributed by atoms with Gasteiger partial charge in [0.15, 0.2) is 5.78 Å². The van der Waals surface area contributed by atoms with Crippen molar-refractivity contribution in [1.82, 2.24) is 0 Å². The molecule has 0 aliphatic carbocycles. The molecule has 0 heterocycles. The van der Waals surface area contributed by atoms with Crippen LogP contribution in [-0.2, 0) is 11.2 Å². The van der Waals surface area contributed by atoms with E-state index in [-0.39, 0.29) is 16.8 Å². The van der Waals surface area contributed by atoms with Gasteiger partial charge in [0, 0.05) is 5.56 Å². The van der Waals surface area contributed by atoms with Crippen LogP contribution in [0.15, 0.2) is 60.7 Å². The highest BCUT2D eigenvalue weighted by molar-refractivity contribution is 8.01. The van der Waals surface area contributed by atoms with Gasteiger partial charge >= 0.3 is 5.97 Å². The highest BCUT2D eigenvalue weighted by Gasteiger charge is 2.21. The van der Waals surface area contributed by atoms with Crippen molar-refractivity contribution in [3.8, 4) is 0 Å². The van der Waals surface area contributed by atoms with Crippen LogP contribution in [0.25, 0.3) is 0 Å². The van der Waals surface area contributed by atoms with Crippen molar-refractivity contribution in [2.45, 2.75) is 11.7 Å². The Balaban J connectivity index is 2.15. The summed E-state index contributed by atoms with van der Waals surface area (Å²) in [6.07, 6.45) is 0.534. The van der Waals surface area contributed by atoms with Gasteiger partial charge in [-0.2, -0.15) is 0 Å². The van der Waals surface area contributed by atoms with Crippen LogP contribution < -0.4 is 0 Å². The highest BCUT2D eigenvalue weighted by atomic mass is 32.2. The lowest BCUT2D eigenvalue weighted by Crippen LogP contribution is -2.22.